The van der Waals surface area contributed by atoms with Crippen LogP contribution in [0.5, 0.6) is 0 Å². The molecule has 1 aliphatic rings. The molecule has 0 spiro atoms. The van der Waals surface area contributed by atoms with Crippen molar-refractivity contribution in [3.8, 4) is 0 Å². The SMILES string of the molecule is CC(=O)c1cc(CN2CCC[C@@H](c3ccncn3)C2)cs1. The molecule has 0 aromatic carbocycles. The van der Waals surface area contributed by atoms with Crippen LogP contribution in [0.3, 0.4) is 0 Å². The number of ketones is 1. The molecule has 5 heteroatoms. The van der Waals surface area contributed by atoms with Crippen LogP contribution in [0.15, 0.2) is 30.0 Å². The Kier molecular flexibility index (Phi) is 4.41. The predicted molar refractivity (Wildman–Crippen MR) is 83.6 cm³/mol. The van der Waals surface area contributed by atoms with Crippen molar-refractivity contribution in [1.82, 2.24) is 14.9 Å². The van der Waals surface area contributed by atoms with Gasteiger partial charge >= 0.3 is 0 Å². The first-order valence-electron chi connectivity index (χ1n) is 7.29. The second-order valence-corrected chi connectivity index (χ2v) is 6.50. The number of rotatable bonds is 4. The summed E-state index contributed by atoms with van der Waals surface area (Å²) in [5.41, 5.74) is 2.39. The lowest BCUT2D eigenvalue weighted by molar-refractivity contribution is 0.102. The molecule has 1 aliphatic heterocycles. The van der Waals surface area contributed by atoms with Gasteiger partial charge in [-0.05, 0) is 49.4 Å². The summed E-state index contributed by atoms with van der Waals surface area (Å²) in [7, 11) is 0. The first-order valence-corrected chi connectivity index (χ1v) is 8.17. The van der Waals surface area contributed by atoms with Crippen molar-refractivity contribution in [3.05, 3.63) is 46.2 Å². The number of Topliss-reactive ketones (excluding diaryl/α,β-unsaturated/α-hetero) is 1. The molecule has 2 aromatic heterocycles. The molecule has 0 saturated carbocycles. The monoisotopic (exact) mass is 301 g/mol. The van der Waals surface area contributed by atoms with E-state index in [0.717, 1.165) is 30.2 Å². The maximum absolute atomic E-state index is 11.4. The Hall–Kier alpha value is -1.59. The zero-order valence-corrected chi connectivity index (χ0v) is 13.0. The molecule has 0 bridgehead atoms. The van der Waals surface area contributed by atoms with Crippen LogP contribution in [0.2, 0.25) is 0 Å². The normalized spacial score (nSPS) is 19.6. The van der Waals surface area contributed by atoms with E-state index in [-0.39, 0.29) is 5.78 Å². The number of hydrogen-bond donors (Lipinski definition) is 0. The summed E-state index contributed by atoms with van der Waals surface area (Å²) in [5.74, 6) is 0.649. The highest BCUT2D eigenvalue weighted by atomic mass is 32.1. The lowest BCUT2D eigenvalue weighted by Crippen LogP contribution is -2.34. The van der Waals surface area contributed by atoms with Gasteiger partial charge in [-0.3, -0.25) is 9.69 Å². The van der Waals surface area contributed by atoms with Gasteiger partial charge in [-0.2, -0.15) is 0 Å². The Morgan fingerprint density at radius 2 is 2.43 bits per heavy atom. The highest BCUT2D eigenvalue weighted by Crippen LogP contribution is 2.27. The standard InChI is InChI=1S/C16H19N3OS/c1-12(20)16-7-13(10-21-16)8-19-6-2-3-14(9-19)15-4-5-17-11-18-15/h4-5,7,10-11,14H,2-3,6,8-9H2,1H3/t14-/m1/s1. The molecule has 3 heterocycles. The van der Waals surface area contributed by atoms with Crippen LogP contribution in [0.1, 0.15) is 46.6 Å². The van der Waals surface area contributed by atoms with E-state index >= 15 is 0 Å². The molecular formula is C16H19N3OS. The minimum atomic E-state index is 0.156. The second-order valence-electron chi connectivity index (χ2n) is 5.58. The molecule has 1 atom stereocenters. The van der Waals surface area contributed by atoms with Crippen molar-refractivity contribution in [2.75, 3.05) is 13.1 Å². The third-order valence-corrected chi connectivity index (χ3v) is 5.02. The fourth-order valence-electron chi connectivity index (χ4n) is 2.88. The van der Waals surface area contributed by atoms with Crippen LogP contribution in [0.4, 0.5) is 0 Å². The molecule has 0 unspecified atom stereocenters. The number of hydrogen-bond acceptors (Lipinski definition) is 5. The van der Waals surface area contributed by atoms with E-state index in [9.17, 15) is 4.79 Å². The molecule has 2 aromatic rings. The van der Waals surface area contributed by atoms with E-state index in [1.165, 1.54) is 18.4 Å². The number of nitrogens with zero attached hydrogens (tertiary/aromatic N) is 3. The molecule has 4 nitrogen and oxygen atoms in total. The van der Waals surface area contributed by atoms with Crippen LogP contribution in [-0.2, 0) is 6.54 Å². The van der Waals surface area contributed by atoms with Gasteiger partial charge < -0.3 is 0 Å². The van der Waals surface area contributed by atoms with E-state index in [4.69, 9.17) is 0 Å². The molecule has 1 fully saturated rings. The molecule has 110 valence electrons. The minimum Gasteiger partial charge on any atom is -0.298 e. The van der Waals surface area contributed by atoms with Crippen LogP contribution >= 0.6 is 11.3 Å². The molecule has 0 radical (unpaired) electrons. The van der Waals surface area contributed by atoms with E-state index in [1.807, 2.05) is 18.3 Å². The zero-order chi connectivity index (χ0) is 14.7. The van der Waals surface area contributed by atoms with Crippen molar-refractivity contribution < 1.29 is 4.79 Å². The maximum atomic E-state index is 11.4. The van der Waals surface area contributed by atoms with Crippen molar-refractivity contribution >= 4 is 17.1 Å². The van der Waals surface area contributed by atoms with Gasteiger partial charge in [0.15, 0.2) is 5.78 Å². The Bertz CT molecular complexity index is 611. The van der Waals surface area contributed by atoms with Gasteiger partial charge in [-0.25, -0.2) is 9.97 Å². The third-order valence-electron chi connectivity index (χ3n) is 3.94. The molecule has 1 saturated heterocycles. The minimum absolute atomic E-state index is 0.156. The lowest BCUT2D eigenvalue weighted by atomic mass is 9.94. The second kappa shape index (κ2) is 6.45. The van der Waals surface area contributed by atoms with Crippen molar-refractivity contribution in [1.29, 1.82) is 0 Å². The summed E-state index contributed by atoms with van der Waals surface area (Å²) in [5, 5.41) is 2.10. The van der Waals surface area contributed by atoms with Crippen molar-refractivity contribution in [2.24, 2.45) is 0 Å². The molecule has 0 amide bonds. The lowest BCUT2D eigenvalue weighted by Gasteiger charge is -2.32. The number of carbonyl (C=O) groups excluding carboxylic acids is 1. The molecule has 3 rings (SSSR count). The van der Waals surface area contributed by atoms with Crippen LogP contribution < -0.4 is 0 Å². The first kappa shape index (κ1) is 14.4. The molecule has 0 aliphatic carbocycles. The van der Waals surface area contributed by atoms with Crippen LogP contribution in [0, 0.1) is 0 Å². The third kappa shape index (κ3) is 3.54. The number of carbonyl (C=O) groups is 1. The van der Waals surface area contributed by atoms with E-state index in [0.29, 0.717) is 5.92 Å². The molecule has 0 N–H and O–H groups in total. The van der Waals surface area contributed by atoms with Gasteiger partial charge in [-0.1, -0.05) is 0 Å². The Morgan fingerprint density at radius 3 is 3.14 bits per heavy atom. The van der Waals surface area contributed by atoms with Crippen LogP contribution in [-0.4, -0.2) is 33.7 Å². The van der Waals surface area contributed by atoms with Gasteiger partial charge in [0.25, 0.3) is 0 Å². The zero-order valence-electron chi connectivity index (χ0n) is 12.2. The van der Waals surface area contributed by atoms with Gasteiger partial charge in [-0.15, -0.1) is 11.3 Å². The smallest absolute Gasteiger partial charge is 0.169 e. The average Bonchev–Trinajstić information content (AvgIpc) is 2.97. The fraction of sp³-hybridized carbons (Fsp3) is 0.438. The van der Waals surface area contributed by atoms with Gasteiger partial charge in [0.05, 0.1) is 4.88 Å². The quantitative estimate of drug-likeness (QED) is 0.814. The summed E-state index contributed by atoms with van der Waals surface area (Å²) >= 11 is 1.55. The first-order chi connectivity index (χ1) is 10.2. The van der Waals surface area contributed by atoms with Gasteiger partial charge in [0, 0.05) is 30.9 Å². The Labute approximate surface area is 128 Å². The highest BCUT2D eigenvalue weighted by Gasteiger charge is 2.22. The highest BCUT2D eigenvalue weighted by molar-refractivity contribution is 7.12. The Morgan fingerprint density at radius 1 is 1.52 bits per heavy atom. The summed E-state index contributed by atoms with van der Waals surface area (Å²) in [6.45, 7) is 4.70. The average molecular weight is 301 g/mol. The van der Waals surface area contributed by atoms with E-state index in [2.05, 4.69) is 20.2 Å². The summed E-state index contributed by atoms with van der Waals surface area (Å²) in [6, 6.07) is 4.05. The van der Waals surface area contributed by atoms with Crippen molar-refractivity contribution in [3.63, 3.8) is 0 Å². The number of thiophene rings is 1. The van der Waals surface area contributed by atoms with Crippen LogP contribution in [0.25, 0.3) is 0 Å². The van der Waals surface area contributed by atoms with E-state index < -0.39 is 0 Å². The topological polar surface area (TPSA) is 46.1 Å². The van der Waals surface area contributed by atoms with Crippen molar-refractivity contribution in [2.45, 2.75) is 32.2 Å². The predicted octanol–water partition coefficient (Wildman–Crippen LogP) is 3.12. The summed E-state index contributed by atoms with van der Waals surface area (Å²) < 4.78 is 0. The number of aromatic nitrogens is 2. The largest absolute Gasteiger partial charge is 0.298 e. The maximum Gasteiger partial charge on any atom is 0.169 e. The Balaban J connectivity index is 1.64. The van der Waals surface area contributed by atoms with Gasteiger partial charge in [0.1, 0.15) is 6.33 Å². The summed E-state index contributed by atoms with van der Waals surface area (Å²) in [6.07, 6.45) is 5.83. The number of likely N-dealkylation sites (tertiary alicyclic amines) is 1. The van der Waals surface area contributed by atoms with Gasteiger partial charge in [0.2, 0.25) is 0 Å². The molecule has 21 heavy (non-hydrogen) atoms. The molecular weight excluding hydrogens is 282 g/mol. The number of piperidine rings is 1. The summed E-state index contributed by atoms with van der Waals surface area (Å²) in [4.78, 5) is 23.1. The fourth-order valence-corrected chi connectivity index (χ4v) is 3.69. The van der Waals surface area contributed by atoms with E-state index in [1.54, 1.807) is 24.6 Å².